The number of benzene rings is 1. The molecule has 0 saturated carbocycles. The van der Waals surface area contributed by atoms with Gasteiger partial charge in [0.25, 0.3) is 0 Å². The molecule has 0 heterocycles. The third kappa shape index (κ3) is 8.60. The number of ether oxygens (including phenoxy) is 2. The van der Waals surface area contributed by atoms with Gasteiger partial charge in [-0.3, -0.25) is 4.99 Å². The molecule has 7 heteroatoms. The minimum absolute atomic E-state index is 0.177. The maximum atomic E-state index is 5.53. The highest BCUT2D eigenvalue weighted by atomic mass is 16.5. The van der Waals surface area contributed by atoms with E-state index >= 15 is 0 Å². The summed E-state index contributed by atoms with van der Waals surface area (Å²) >= 11 is 0. The van der Waals surface area contributed by atoms with E-state index in [1.165, 1.54) is 0 Å². The molecule has 2 N–H and O–H groups in total. The van der Waals surface area contributed by atoms with Gasteiger partial charge in [-0.15, -0.1) is 0 Å². The Morgan fingerprint density at radius 3 is 2.48 bits per heavy atom. The number of rotatable bonds is 12. The SMILES string of the molecule is CN=C(NCCN(C)CCCOC)NCC(c1ccccc1OC)N(C)C. The molecule has 0 aromatic heterocycles. The lowest BCUT2D eigenvalue weighted by atomic mass is 10.0. The molecule has 1 aromatic carbocycles. The van der Waals surface area contributed by atoms with E-state index in [2.05, 4.69) is 52.6 Å². The molecule has 27 heavy (non-hydrogen) atoms. The van der Waals surface area contributed by atoms with Crippen molar-refractivity contribution in [3.8, 4) is 5.75 Å². The average molecular weight is 380 g/mol. The fraction of sp³-hybridized carbons (Fsp3) is 0.650. The number of likely N-dealkylation sites (N-methyl/N-ethyl adjacent to an activating group) is 2. The number of aliphatic imine (C=N–C) groups is 1. The number of methoxy groups -OCH3 is 2. The zero-order valence-electron chi connectivity index (χ0n) is 17.8. The Balaban J connectivity index is 2.51. The summed E-state index contributed by atoms with van der Waals surface area (Å²) in [6.07, 6.45) is 1.05. The van der Waals surface area contributed by atoms with Crippen LogP contribution in [0.3, 0.4) is 0 Å². The van der Waals surface area contributed by atoms with Crippen LogP contribution in [0.5, 0.6) is 5.75 Å². The van der Waals surface area contributed by atoms with E-state index in [1.807, 2.05) is 18.2 Å². The first-order valence-electron chi connectivity index (χ1n) is 9.44. The highest BCUT2D eigenvalue weighted by Crippen LogP contribution is 2.27. The van der Waals surface area contributed by atoms with Crippen LogP contribution in [0, 0.1) is 0 Å². The number of nitrogens with zero attached hydrogens (tertiary/aromatic N) is 3. The zero-order chi connectivity index (χ0) is 20.1. The second-order valence-corrected chi connectivity index (χ2v) is 6.75. The molecule has 7 nitrogen and oxygen atoms in total. The summed E-state index contributed by atoms with van der Waals surface area (Å²) < 4.78 is 10.6. The second kappa shape index (κ2) is 13.4. The first-order valence-corrected chi connectivity index (χ1v) is 9.44. The van der Waals surface area contributed by atoms with Crippen LogP contribution in [-0.2, 0) is 4.74 Å². The Labute approximate surface area is 164 Å². The summed E-state index contributed by atoms with van der Waals surface area (Å²) in [6, 6.07) is 8.32. The lowest BCUT2D eigenvalue weighted by molar-refractivity contribution is 0.180. The van der Waals surface area contributed by atoms with Gasteiger partial charge in [-0.1, -0.05) is 18.2 Å². The van der Waals surface area contributed by atoms with Crippen LogP contribution < -0.4 is 15.4 Å². The smallest absolute Gasteiger partial charge is 0.191 e. The Morgan fingerprint density at radius 1 is 1.11 bits per heavy atom. The van der Waals surface area contributed by atoms with E-state index in [-0.39, 0.29) is 6.04 Å². The van der Waals surface area contributed by atoms with Gasteiger partial charge in [-0.25, -0.2) is 0 Å². The van der Waals surface area contributed by atoms with Crippen molar-refractivity contribution in [3.63, 3.8) is 0 Å². The van der Waals surface area contributed by atoms with Gasteiger partial charge >= 0.3 is 0 Å². The van der Waals surface area contributed by atoms with E-state index in [0.29, 0.717) is 0 Å². The fourth-order valence-electron chi connectivity index (χ4n) is 2.88. The number of hydrogen-bond donors (Lipinski definition) is 2. The number of guanidine groups is 1. The molecule has 1 rings (SSSR count). The molecule has 0 aliphatic carbocycles. The summed E-state index contributed by atoms with van der Waals surface area (Å²) in [4.78, 5) is 8.80. The normalized spacial score (nSPS) is 13.1. The summed E-state index contributed by atoms with van der Waals surface area (Å²) in [5.74, 6) is 1.71. The molecular formula is C20H37N5O2. The summed E-state index contributed by atoms with van der Waals surface area (Å²) in [6.45, 7) is 4.35. The first-order chi connectivity index (χ1) is 13.0. The van der Waals surface area contributed by atoms with Gasteiger partial charge in [0.05, 0.1) is 13.2 Å². The number of hydrogen-bond acceptors (Lipinski definition) is 5. The van der Waals surface area contributed by atoms with Crippen LogP contribution in [0.15, 0.2) is 29.3 Å². The molecule has 0 aliphatic heterocycles. The molecule has 0 amide bonds. The summed E-state index contributed by atoms with van der Waals surface area (Å²) in [5.41, 5.74) is 1.16. The van der Waals surface area contributed by atoms with Crippen molar-refractivity contribution in [2.45, 2.75) is 12.5 Å². The molecule has 154 valence electrons. The van der Waals surface area contributed by atoms with Gasteiger partial charge in [0, 0.05) is 52.5 Å². The fourth-order valence-corrected chi connectivity index (χ4v) is 2.88. The summed E-state index contributed by atoms with van der Waals surface area (Å²) in [5, 5.41) is 6.81. The molecule has 0 fully saturated rings. The number of para-hydroxylation sites is 1. The minimum Gasteiger partial charge on any atom is -0.496 e. The van der Waals surface area contributed by atoms with E-state index in [1.54, 1.807) is 21.3 Å². The maximum Gasteiger partial charge on any atom is 0.191 e. The largest absolute Gasteiger partial charge is 0.496 e. The maximum absolute atomic E-state index is 5.53. The Kier molecular flexibility index (Phi) is 11.5. The van der Waals surface area contributed by atoms with Crippen LogP contribution in [0.4, 0.5) is 0 Å². The second-order valence-electron chi connectivity index (χ2n) is 6.75. The van der Waals surface area contributed by atoms with E-state index in [4.69, 9.17) is 9.47 Å². The molecule has 0 spiro atoms. The van der Waals surface area contributed by atoms with Crippen molar-refractivity contribution >= 4 is 5.96 Å². The van der Waals surface area contributed by atoms with Crippen molar-refractivity contribution < 1.29 is 9.47 Å². The van der Waals surface area contributed by atoms with Gasteiger partial charge in [-0.05, 0) is 33.6 Å². The van der Waals surface area contributed by atoms with Crippen LogP contribution >= 0.6 is 0 Å². The lowest BCUT2D eigenvalue weighted by Gasteiger charge is -2.27. The quantitative estimate of drug-likeness (QED) is 0.325. The predicted octanol–water partition coefficient (Wildman–Crippen LogP) is 1.43. The molecule has 1 unspecified atom stereocenters. The third-order valence-electron chi connectivity index (χ3n) is 4.48. The van der Waals surface area contributed by atoms with Crippen molar-refractivity contribution in [2.75, 3.05) is 75.2 Å². The Hall–Kier alpha value is -1.83. The molecule has 0 radical (unpaired) electrons. The molecule has 0 aliphatic rings. The van der Waals surface area contributed by atoms with E-state index in [0.717, 1.165) is 56.5 Å². The average Bonchev–Trinajstić information content (AvgIpc) is 2.67. The highest BCUT2D eigenvalue weighted by molar-refractivity contribution is 5.79. The standard InChI is InChI=1S/C20H37N5O2/c1-21-20(22-12-14-25(4)13-9-15-26-5)23-16-18(24(2)3)17-10-7-8-11-19(17)27-6/h7-8,10-11,18H,9,12-16H2,1-6H3,(H2,21,22,23). The van der Waals surface area contributed by atoms with Crippen LogP contribution in [0.1, 0.15) is 18.0 Å². The van der Waals surface area contributed by atoms with Crippen molar-refractivity contribution in [2.24, 2.45) is 4.99 Å². The molecule has 1 aromatic rings. The van der Waals surface area contributed by atoms with Gasteiger partial charge in [-0.2, -0.15) is 0 Å². The Bertz CT molecular complexity index is 551. The topological polar surface area (TPSA) is 61.4 Å². The monoisotopic (exact) mass is 379 g/mol. The molecule has 0 bridgehead atoms. The first kappa shape index (κ1) is 23.2. The minimum atomic E-state index is 0.177. The van der Waals surface area contributed by atoms with Crippen LogP contribution in [-0.4, -0.2) is 91.0 Å². The van der Waals surface area contributed by atoms with Crippen LogP contribution in [0.25, 0.3) is 0 Å². The van der Waals surface area contributed by atoms with E-state index < -0.39 is 0 Å². The van der Waals surface area contributed by atoms with Gasteiger partial charge < -0.3 is 29.9 Å². The third-order valence-corrected chi connectivity index (χ3v) is 4.48. The van der Waals surface area contributed by atoms with Gasteiger partial charge in [0.1, 0.15) is 5.75 Å². The van der Waals surface area contributed by atoms with Crippen LogP contribution in [0.2, 0.25) is 0 Å². The van der Waals surface area contributed by atoms with Crippen molar-refractivity contribution in [1.29, 1.82) is 0 Å². The van der Waals surface area contributed by atoms with Crippen molar-refractivity contribution in [1.82, 2.24) is 20.4 Å². The zero-order valence-corrected chi connectivity index (χ0v) is 17.8. The highest BCUT2D eigenvalue weighted by Gasteiger charge is 2.18. The van der Waals surface area contributed by atoms with Gasteiger partial charge in [0.2, 0.25) is 0 Å². The predicted molar refractivity (Wildman–Crippen MR) is 113 cm³/mol. The van der Waals surface area contributed by atoms with E-state index in [9.17, 15) is 0 Å². The number of nitrogens with one attached hydrogen (secondary N) is 2. The van der Waals surface area contributed by atoms with Gasteiger partial charge in [0.15, 0.2) is 5.96 Å². The molecule has 1 atom stereocenters. The Morgan fingerprint density at radius 2 is 1.85 bits per heavy atom. The molecule has 0 saturated heterocycles. The van der Waals surface area contributed by atoms with Crippen molar-refractivity contribution in [3.05, 3.63) is 29.8 Å². The lowest BCUT2D eigenvalue weighted by Crippen LogP contribution is -2.44. The summed E-state index contributed by atoms with van der Waals surface area (Å²) in [7, 11) is 11.5. The molecular weight excluding hydrogens is 342 g/mol.